The number of alkyl halides is 1. The van der Waals surface area contributed by atoms with Crippen molar-refractivity contribution in [1.82, 2.24) is 24.0 Å². The van der Waals surface area contributed by atoms with Crippen molar-refractivity contribution in [2.75, 3.05) is 26.8 Å². The van der Waals surface area contributed by atoms with E-state index in [4.69, 9.17) is 21.1 Å². The van der Waals surface area contributed by atoms with Gasteiger partial charge in [-0.2, -0.15) is 9.97 Å². The highest BCUT2D eigenvalue weighted by Crippen LogP contribution is 2.30. The Morgan fingerprint density at radius 1 is 1.37 bits per heavy atom. The molecular formula is C17H23ClFN5O3. The van der Waals surface area contributed by atoms with E-state index in [1.165, 1.54) is 4.57 Å². The van der Waals surface area contributed by atoms with Crippen molar-refractivity contribution in [3.63, 3.8) is 0 Å². The molecule has 8 nitrogen and oxygen atoms in total. The molecule has 0 saturated carbocycles. The molecule has 0 aliphatic carbocycles. The third kappa shape index (κ3) is 3.21. The molecule has 2 aliphatic heterocycles. The summed E-state index contributed by atoms with van der Waals surface area (Å²) < 4.78 is 28.3. The Morgan fingerprint density at radius 2 is 2.15 bits per heavy atom. The van der Waals surface area contributed by atoms with E-state index in [0.29, 0.717) is 37.3 Å². The number of hydrogen-bond acceptors (Lipinski definition) is 6. The lowest BCUT2D eigenvalue weighted by Gasteiger charge is -2.26. The Labute approximate surface area is 160 Å². The number of likely N-dealkylation sites (N-methyl/N-ethyl adjacent to an activating group) is 1. The number of ether oxygens (including phenoxy) is 2. The second-order valence-corrected chi connectivity index (χ2v) is 7.70. The lowest BCUT2D eigenvalue weighted by atomic mass is 10.1. The largest absolute Gasteiger partial charge is 0.471 e. The van der Waals surface area contributed by atoms with Crippen LogP contribution in [0, 0.1) is 0 Å². The van der Waals surface area contributed by atoms with Gasteiger partial charge in [-0.1, -0.05) is 0 Å². The van der Waals surface area contributed by atoms with Crippen molar-refractivity contribution in [2.24, 2.45) is 7.05 Å². The fourth-order valence-electron chi connectivity index (χ4n) is 4.11. The first-order chi connectivity index (χ1) is 12.9. The van der Waals surface area contributed by atoms with Crippen LogP contribution < -0.4 is 10.4 Å². The van der Waals surface area contributed by atoms with Crippen LogP contribution in [0.25, 0.3) is 11.2 Å². The first-order valence-electron chi connectivity index (χ1n) is 9.10. The van der Waals surface area contributed by atoms with Crippen LogP contribution in [0.15, 0.2) is 4.79 Å². The standard InChI is InChI=1S/C17H23ClFN5O3/c1-9(12-6-10(19)7-22(12)2)27-15-13-14(20-16(18)21-15)24(17(25)23(13)3)11-4-5-26-8-11/h9-12H,4-8H2,1-3H3/t9-,10-,11+,12-/m0/s1. The van der Waals surface area contributed by atoms with Gasteiger partial charge in [-0.15, -0.1) is 0 Å². The van der Waals surface area contributed by atoms with Crippen molar-refractivity contribution in [3.05, 3.63) is 15.8 Å². The molecule has 0 N–H and O–H groups in total. The van der Waals surface area contributed by atoms with Crippen molar-refractivity contribution < 1.29 is 13.9 Å². The van der Waals surface area contributed by atoms with E-state index in [9.17, 15) is 9.18 Å². The van der Waals surface area contributed by atoms with Crippen LogP contribution in [-0.4, -0.2) is 69.1 Å². The predicted molar refractivity (Wildman–Crippen MR) is 98.3 cm³/mol. The molecule has 2 aromatic rings. The van der Waals surface area contributed by atoms with E-state index in [2.05, 4.69) is 9.97 Å². The minimum Gasteiger partial charge on any atom is -0.471 e. The summed E-state index contributed by atoms with van der Waals surface area (Å²) >= 11 is 6.13. The number of halogens is 2. The van der Waals surface area contributed by atoms with Gasteiger partial charge in [-0.25, -0.2) is 9.18 Å². The number of fused-ring (bicyclic) bond motifs is 1. The molecule has 0 aromatic carbocycles. The van der Waals surface area contributed by atoms with E-state index in [0.717, 1.165) is 6.42 Å². The van der Waals surface area contributed by atoms with Crippen LogP contribution in [0.2, 0.25) is 5.28 Å². The fraction of sp³-hybridized carbons (Fsp3) is 0.706. The average Bonchev–Trinajstić information content (AvgIpc) is 3.28. The molecule has 10 heteroatoms. The smallest absolute Gasteiger partial charge is 0.330 e. The Bertz CT molecular complexity index is 910. The second kappa shape index (κ2) is 7.03. The van der Waals surface area contributed by atoms with Gasteiger partial charge in [0.05, 0.1) is 12.6 Å². The maximum absolute atomic E-state index is 13.7. The Hall–Kier alpha value is -1.71. The monoisotopic (exact) mass is 399 g/mol. The summed E-state index contributed by atoms with van der Waals surface area (Å²) in [5.74, 6) is 0.241. The number of nitrogens with zero attached hydrogens (tertiary/aromatic N) is 5. The van der Waals surface area contributed by atoms with Gasteiger partial charge in [0.1, 0.15) is 12.3 Å². The topological polar surface area (TPSA) is 74.4 Å². The van der Waals surface area contributed by atoms with Crippen LogP contribution >= 0.6 is 11.6 Å². The van der Waals surface area contributed by atoms with Gasteiger partial charge in [-0.3, -0.25) is 14.0 Å². The normalized spacial score (nSPS) is 27.5. The molecule has 0 bridgehead atoms. The summed E-state index contributed by atoms with van der Waals surface area (Å²) in [6.45, 7) is 3.32. The van der Waals surface area contributed by atoms with Gasteiger partial charge in [0.2, 0.25) is 11.2 Å². The molecular weight excluding hydrogens is 377 g/mol. The number of imidazole rings is 1. The Morgan fingerprint density at radius 3 is 2.78 bits per heavy atom. The highest BCUT2D eigenvalue weighted by molar-refractivity contribution is 6.28. The molecule has 2 aliphatic rings. The van der Waals surface area contributed by atoms with Crippen LogP contribution in [0.1, 0.15) is 25.8 Å². The van der Waals surface area contributed by atoms with Gasteiger partial charge in [0.25, 0.3) is 0 Å². The molecule has 27 heavy (non-hydrogen) atoms. The molecule has 0 amide bonds. The first kappa shape index (κ1) is 18.6. The molecule has 0 radical (unpaired) electrons. The third-order valence-electron chi connectivity index (χ3n) is 5.52. The minimum absolute atomic E-state index is 0.00566. The third-order valence-corrected chi connectivity index (χ3v) is 5.69. The van der Waals surface area contributed by atoms with Crippen molar-refractivity contribution in [1.29, 1.82) is 0 Å². The quantitative estimate of drug-likeness (QED) is 0.726. The highest BCUT2D eigenvalue weighted by Gasteiger charge is 2.35. The summed E-state index contributed by atoms with van der Waals surface area (Å²) in [4.78, 5) is 23.3. The van der Waals surface area contributed by atoms with E-state index >= 15 is 0 Å². The van der Waals surface area contributed by atoms with Crippen molar-refractivity contribution in [3.8, 4) is 5.88 Å². The van der Waals surface area contributed by atoms with Crippen LogP contribution in [0.5, 0.6) is 5.88 Å². The number of hydrogen-bond donors (Lipinski definition) is 0. The Kier molecular flexibility index (Phi) is 4.85. The highest BCUT2D eigenvalue weighted by atomic mass is 35.5. The number of rotatable bonds is 4. The lowest BCUT2D eigenvalue weighted by molar-refractivity contribution is 0.118. The fourth-order valence-corrected chi connectivity index (χ4v) is 4.27. The molecule has 0 unspecified atom stereocenters. The summed E-state index contributed by atoms with van der Waals surface area (Å²) in [7, 11) is 3.53. The zero-order valence-corrected chi connectivity index (χ0v) is 16.3. The van der Waals surface area contributed by atoms with E-state index in [1.54, 1.807) is 11.6 Å². The zero-order valence-electron chi connectivity index (χ0n) is 15.6. The molecule has 2 fully saturated rings. The Balaban J connectivity index is 1.75. The molecule has 2 aromatic heterocycles. The lowest BCUT2D eigenvalue weighted by Crippen LogP contribution is -2.38. The molecule has 4 rings (SSSR count). The zero-order chi connectivity index (χ0) is 19.3. The summed E-state index contributed by atoms with van der Waals surface area (Å²) in [6.07, 6.45) is -0.0530. The summed E-state index contributed by atoms with van der Waals surface area (Å²) in [6, 6.07) is -0.170. The van der Waals surface area contributed by atoms with Crippen LogP contribution in [0.3, 0.4) is 0 Å². The maximum atomic E-state index is 13.7. The summed E-state index contributed by atoms with van der Waals surface area (Å²) in [5, 5.41) is 0.00566. The SMILES string of the molecule is C[C@H](Oc1nc(Cl)nc2c1n(C)c(=O)n2[C@@H]1CCOC1)[C@@H]1C[C@H](F)CN1C. The van der Waals surface area contributed by atoms with Crippen LogP contribution in [-0.2, 0) is 11.8 Å². The molecule has 4 heterocycles. The van der Waals surface area contributed by atoms with E-state index < -0.39 is 6.17 Å². The predicted octanol–water partition coefficient (Wildman–Crippen LogP) is 1.55. The first-order valence-corrected chi connectivity index (χ1v) is 9.47. The number of aromatic nitrogens is 4. The van der Waals surface area contributed by atoms with Crippen molar-refractivity contribution >= 4 is 22.8 Å². The molecule has 148 valence electrons. The minimum atomic E-state index is -0.868. The number of likely N-dealkylation sites (tertiary alicyclic amines) is 1. The van der Waals surface area contributed by atoms with Crippen molar-refractivity contribution in [2.45, 2.75) is 44.1 Å². The molecule has 0 spiro atoms. The summed E-state index contributed by atoms with van der Waals surface area (Å²) in [5.41, 5.74) is 0.709. The van der Waals surface area contributed by atoms with E-state index in [-0.39, 0.29) is 35.0 Å². The van der Waals surface area contributed by atoms with Gasteiger partial charge in [0, 0.05) is 26.2 Å². The van der Waals surface area contributed by atoms with E-state index in [1.807, 2.05) is 18.9 Å². The molecule has 4 atom stereocenters. The number of aryl methyl sites for hydroxylation is 1. The maximum Gasteiger partial charge on any atom is 0.330 e. The van der Waals surface area contributed by atoms with Gasteiger partial charge in [0.15, 0.2) is 11.2 Å². The average molecular weight is 400 g/mol. The van der Waals surface area contributed by atoms with Gasteiger partial charge < -0.3 is 9.47 Å². The van der Waals surface area contributed by atoms with Gasteiger partial charge in [-0.05, 0) is 38.4 Å². The molecule has 2 saturated heterocycles. The van der Waals surface area contributed by atoms with Crippen LogP contribution in [0.4, 0.5) is 4.39 Å². The second-order valence-electron chi connectivity index (χ2n) is 7.36. The van der Waals surface area contributed by atoms with Gasteiger partial charge >= 0.3 is 5.69 Å².